The molecule has 0 N–H and O–H groups in total. The third-order valence-corrected chi connectivity index (χ3v) is 0.979. The molecule has 0 aliphatic rings. The van der Waals surface area contributed by atoms with E-state index in [2.05, 4.69) is 0 Å². The zero-order chi connectivity index (χ0) is 9.40. The van der Waals surface area contributed by atoms with E-state index in [4.69, 9.17) is 19.7 Å². The highest BCUT2D eigenvalue weighted by atomic mass is 16.6. The summed E-state index contributed by atoms with van der Waals surface area (Å²) in [5, 5.41) is 16.7. The molecular weight excluding hydrogens is 160 g/mol. The van der Waals surface area contributed by atoms with E-state index in [0.29, 0.717) is 0 Å². The van der Waals surface area contributed by atoms with Crippen molar-refractivity contribution in [2.45, 2.75) is 0 Å². The van der Waals surface area contributed by atoms with Gasteiger partial charge in [0.05, 0.1) is 7.11 Å². The number of carbonyl (C=O) groups excluding carboxylic acids is 1. The van der Waals surface area contributed by atoms with Gasteiger partial charge in [-0.25, -0.2) is 0 Å². The second kappa shape index (κ2) is 6.03. The third kappa shape index (κ3) is 6.41. The lowest BCUT2D eigenvalue weighted by Gasteiger charge is -1.96. The van der Waals surface area contributed by atoms with Crippen molar-refractivity contribution in [2.75, 3.05) is 7.11 Å². The van der Waals surface area contributed by atoms with Gasteiger partial charge in [-0.15, -0.1) is 0 Å². The molecule has 4 heteroatoms. The molecule has 0 saturated heterocycles. The van der Waals surface area contributed by atoms with Gasteiger partial charge < -0.3 is 19.7 Å². The Morgan fingerprint density at radius 1 is 1.25 bits per heavy atom. The van der Waals surface area contributed by atoms with Gasteiger partial charge in [0, 0.05) is 0 Å². The fourth-order valence-electron chi connectivity index (χ4n) is 0.557. The fraction of sp³-hybridized carbons (Fsp3) is 0.125. The molecule has 0 aliphatic carbocycles. The average molecular weight is 168 g/mol. The van der Waals surface area contributed by atoms with Gasteiger partial charge in [-0.3, -0.25) is 0 Å². The van der Waals surface area contributed by atoms with Crippen molar-refractivity contribution in [3.05, 3.63) is 30.3 Å². The zero-order valence-electron chi connectivity index (χ0n) is 6.52. The highest BCUT2D eigenvalue weighted by Crippen LogP contribution is 2.05. The Balaban J connectivity index is 0.000000261. The summed E-state index contributed by atoms with van der Waals surface area (Å²) in [7, 11) is 1.66. The molecule has 0 heterocycles. The van der Waals surface area contributed by atoms with Crippen molar-refractivity contribution in [3.8, 4) is 5.75 Å². The summed E-state index contributed by atoms with van der Waals surface area (Å²) in [5.41, 5.74) is 0. The van der Waals surface area contributed by atoms with Crippen LogP contribution < -0.4 is 14.9 Å². The van der Waals surface area contributed by atoms with Crippen molar-refractivity contribution in [1.29, 1.82) is 0 Å². The first-order chi connectivity index (χ1) is 5.66. The molecule has 0 radical (unpaired) electrons. The van der Waals surface area contributed by atoms with Crippen molar-refractivity contribution in [2.24, 2.45) is 0 Å². The summed E-state index contributed by atoms with van der Waals surface area (Å²) < 4.78 is 4.91. The number of carbonyl (C=O) groups is 1. The van der Waals surface area contributed by atoms with Crippen molar-refractivity contribution >= 4 is 6.16 Å². The molecule has 1 aromatic carbocycles. The number of carboxylic acid groups (broad SMARTS) is 2. The second-order valence-corrected chi connectivity index (χ2v) is 1.77. The van der Waals surface area contributed by atoms with E-state index in [9.17, 15) is 0 Å². The first-order valence-electron chi connectivity index (χ1n) is 3.14. The topological polar surface area (TPSA) is 72.4 Å². The molecule has 0 spiro atoms. The van der Waals surface area contributed by atoms with E-state index in [1.807, 2.05) is 30.3 Å². The van der Waals surface area contributed by atoms with Crippen LogP contribution in [0.1, 0.15) is 0 Å². The van der Waals surface area contributed by atoms with Crippen LogP contribution in [0.15, 0.2) is 30.3 Å². The Bertz CT molecular complexity index is 216. The monoisotopic (exact) mass is 168 g/mol. The quantitative estimate of drug-likeness (QED) is 0.553. The highest BCUT2D eigenvalue weighted by molar-refractivity contribution is 5.47. The Morgan fingerprint density at radius 2 is 1.67 bits per heavy atom. The minimum absolute atomic E-state index is 0.910. The van der Waals surface area contributed by atoms with E-state index in [1.165, 1.54) is 0 Å². The molecule has 0 aliphatic heterocycles. The van der Waals surface area contributed by atoms with Gasteiger partial charge in [-0.1, -0.05) is 18.2 Å². The van der Waals surface area contributed by atoms with E-state index in [0.717, 1.165) is 5.75 Å². The number of hydrogen-bond donors (Lipinski definition) is 0. The summed E-state index contributed by atoms with van der Waals surface area (Å²) in [6, 6.07) is 9.68. The Hall–Kier alpha value is -1.71. The molecule has 66 valence electrons. The average Bonchev–Trinajstić information content (AvgIpc) is 2.05. The largest absolute Gasteiger partial charge is 0.652 e. The number of ether oxygens (including phenoxy) is 1. The normalized spacial score (nSPS) is 7.75. The van der Waals surface area contributed by atoms with Gasteiger partial charge in [0.1, 0.15) is 5.75 Å². The van der Waals surface area contributed by atoms with Crippen LogP contribution >= 0.6 is 0 Å². The van der Waals surface area contributed by atoms with E-state index < -0.39 is 6.16 Å². The number of benzene rings is 1. The van der Waals surface area contributed by atoms with E-state index >= 15 is 0 Å². The van der Waals surface area contributed by atoms with Gasteiger partial charge >= 0.3 is 0 Å². The van der Waals surface area contributed by atoms with E-state index in [-0.39, 0.29) is 0 Å². The van der Waals surface area contributed by atoms with Gasteiger partial charge in [0.15, 0.2) is 0 Å². The zero-order valence-corrected chi connectivity index (χ0v) is 6.52. The molecule has 0 fully saturated rings. The summed E-state index contributed by atoms with van der Waals surface area (Å²) in [6.07, 6.45) is -2.33. The number of methoxy groups -OCH3 is 1. The first kappa shape index (κ1) is 10.3. The molecule has 0 bridgehead atoms. The molecule has 4 nitrogen and oxygen atoms in total. The predicted molar refractivity (Wildman–Crippen MR) is 38.4 cm³/mol. The van der Waals surface area contributed by atoms with Gasteiger partial charge in [-0.2, -0.15) is 0 Å². The van der Waals surface area contributed by atoms with Crippen LogP contribution in [-0.4, -0.2) is 13.3 Å². The Morgan fingerprint density at radius 3 is 1.92 bits per heavy atom. The van der Waals surface area contributed by atoms with Crippen LogP contribution in [0.2, 0.25) is 0 Å². The number of hydrogen-bond acceptors (Lipinski definition) is 4. The fourth-order valence-corrected chi connectivity index (χ4v) is 0.557. The van der Waals surface area contributed by atoms with Crippen molar-refractivity contribution in [3.63, 3.8) is 0 Å². The summed E-state index contributed by atoms with van der Waals surface area (Å²) in [6.45, 7) is 0. The minimum atomic E-state index is -2.33. The van der Waals surface area contributed by atoms with Crippen LogP contribution in [0.25, 0.3) is 0 Å². The number of rotatable bonds is 1. The molecule has 1 aromatic rings. The van der Waals surface area contributed by atoms with Crippen molar-refractivity contribution in [1.82, 2.24) is 0 Å². The van der Waals surface area contributed by atoms with Gasteiger partial charge in [0.25, 0.3) is 0 Å². The second-order valence-electron chi connectivity index (χ2n) is 1.77. The Kier molecular flexibility index (Phi) is 5.17. The smallest absolute Gasteiger partial charge is 0.118 e. The van der Waals surface area contributed by atoms with Gasteiger partial charge in [-0.05, 0) is 18.3 Å². The van der Waals surface area contributed by atoms with Gasteiger partial charge in [0.2, 0.25) is 0 Å². The molecule has 0 amide bonds. The molecule has 12 heavy (non-hydrogen) atoms. The molecular formula is C8H8O4-2. The van der Waals surface area contributed by atoms with Crippen molar-refractivity contribution < 1.29 is 19.7 Å². The van der Waals surface area contributed by atoms with Crippen LogP contribution in [0.5, 0.6) is 5.75 Å². The molecule has 0 atom stereocenters. The summed E-state index contributed by atoms with van der Waals surface area (Å²) in [4.78, 5) is 8.33. The molecule has 0 saturated carbocycles. The van der Waals surface area contributed by atoms with Crippen LogP contribution in [0.3, 0.4) is 0 Å². The lowest BCUT2D eigenvalue weighted by atomic mass is 10.3. The SMILES string of the molecule is COc1ccccc1.O=C([O-])[O-]. The maximum atomic E-state index is 8.33. The maximum Gasteiger partial charge on any atom is 0.118 e. The lowest BCUT2D eigenvalue weighted by molar-refractivity contribution is -0.415. The molecule has 1 rings (SSSR count). The van der Waals surface area contributed by atoms with Crippen LogP contribution in [0, 0.1) is 0 Å². The maximum absolute atomic E-state index is 8.33. The summed E-state index contributed by atoms with van der Waals surface area (Å²) >= 11 is 0. The lowest BCUT2D eigenvalue weighted by Crippen LogP contribution is -2.37. The van der Waals surface area contributed by atoms with Crippen LogP contribution in [-0.2, 0) is 0 Å². The summed E-state index contributed by atoms with van der Waals surface area (Å²) in [5.74, 6) is 0.910. The Labute approximate surface area is 70.0 Å². The molecule has 0 unspecified atom stereocenters. The predicted octanol–water partition coefficient (Wildman–Crippen LogP) is -0.752. The molecule has 0 aromatic heterocycles. The van der Waals surface area contributed by atoms with Crippen LogP contribution in [0.4, 0.5) is 4.79 Å². The standard InChI is InChI=1S/C7H8O.CH2O3/c1-8-7-5-3-2-4-6-7;2-1(3)4/h2-6H,1H3;(H2,2,3,4)/p-2. The highest BCUT2D eigenvalue weighted by Gasteiger charge is 1.80. The third-order valence-electron chi connectivity index (χ3n) is 0.979. The first-order valence-corrected chi connectivity index (χ1v) is 3.14. The van der Waals surface area contributed by atoms with E-state index in [1.54, 1.807) is 7.11 Å². The minimum Gasteiger partial charge on any atom is -0.652 e. The number of para-hydroxylation sites is 1.